The molecule has 0 radical (unpaired) electrons. The summed E-state index contributed by atoms with van der Waals surface area (Å²) in [6, 6.07) is 7.74. The highest BCUT2D eigenvalue weighted by atomic mass is 35.5. The van der Waals surface area contributed by atoms with E-state index in [1.807, 2.05) is 24.3 Å². The molecule has 1 atom stereocenters. The number of hydrogen-bond donors (Lipinski definition) is 0. The smallest absolute Gasteiger partial charge is 0.225 e. The van der Waals surface area contributed by atoms with Crippen molar-refractivity contribution < 1.29 is 4.74 Å². The van der Waals surface area contributed by atoms with Crippen LogP contribution in [0.3, 0.4) is 0 Å². The first-order valence-corrected chi connectivity index (χ1v) is 9.03. The molecular weight excluding hydrogens is 328 g/mol. The van der Waals surface area contributed by atoms with E-state index in [4.69, 9.17) is 16.3 Å². The molecule has 23 heavy (non-hydrogen) atoms. The van der Waals surface area contributed by atoms with Gasteiger partial charge in [0.15, 0.2) is 0 Å². The Hall–Kier alpha value is -1.65. The van der Waals surface area contributed by atoms with Gasteiger partial charge in [-0.2, -0.15) is 0 Å². The van der Waals surface area contributed by atoms with Gasteiger partial charge in [-0.05, 0) is 36.8 Å². The van der Waals surface area contributed by atoms with Gasteiger partial charge >= 0.3 is 0 Å². The molecule has 0 spiro atoms. The average molecular weight is 345 g/mol. The molecule has 0 bridgehead atoms. The van der Waals surface area contributed by atoms with Gasteiger partial charge in [-0.15, -0.1) is 11.3 Å². The summed E-state index contributed by atoms with van der Waals surface area (Å²) in [6.45, 7) is 2.74. The van der Waals surface area contributed by atoms with Gasteiger partial charge in [-0.3, -0.25) is 0 Å². The minimum atomic E-state index is 0.423. The number of thiophene rings is 1. The number of fused-ring (bicyclic) bond motifs is 3. The summed E-state index contributed by atoms with van der Waals surface area (Å²) in [6.07, 6.45) is 5.04. The zero-order valence-corrected chi connectivity index (χ0v) is 14.5. The number of aryl methyl sites for hydroxylation is 1. The number of ether oxygens (including phenoxy) is 1. The first-order chi connectivity index (χ1) is 11.2. The second-order valence-electron chi connectivity index (χ2n) is 6.09. The minimum absolute atomic E-state index is 0.423. The molecule has 2 aromatic heterocycles. The molecule has 1 aliphatic rings. The monoisotopic (exact) mass is 344 g/mol. The Morgan fingerprint density at radius 2 is 2.17 bits per heavy atom. The van der Waals surface area contributed by atoms with Gasteiger partial charge in [0.25, 0.3) is 0 Å². The van der Waals surface area contributed by atoms with E-state index in [2.05, 4.69) is 16.9 Å². The van der Waals surface area contributed by atoms with Gasteiger partial charge in [0.1, 0.15) is 17.8 Å². The number of hydrogen-bond acceptors (Lipinski definition) is 4. The fraction of sp³-hybridized carbons (Fsp3) is 0.333. The maximum Gasteiger partial charge on any atom is 0.225 e. The van der Waals surface area contributed by atoms with Crippen LogP contribution in [0.25, 0.3) is 10.2 Å². The van der Waals surface area contributed by atoms with E-state index in [-0.39, 0.29) is 0 Å². The van der Waals surface area contributed by atoms with E-state index >= 15 is 0 Å². The fourth-order valence-electron chi connectivity index (χ4n) is 3.12. The van der Waals surface area contributed by atoms with Crippen molar-refractivity contribution >= 4 is 33.2 Å². The number of nitrogens with zero attached hydrogens (tertiary/aromatic N) is 2. The van der Waals surface area contributed by atoms with Gasteiger partial charge in [-0.25, -0.2) is 9.97 Å². The molecule has 4 rings (SSSR count). The molecular formula is C18H17ClN2OS. The van der Waals surface area contributed by atoms with Gasteiger partial charge in [-0.1, -0.05) is 36.7 Å². The third-order valence-corrected chi connectivity index (χ3v) is 5.91. The van der Waals surface area contributed by atoms with Gasteiger partial charge < -0.3 is 4.74 Å². The zero-order valence-electron chi connectivity index (χ0n) is 12.9. The quantitative estimate of drug-likeness (QED) is 0.667. The lowest BCUT2D eigenvalue weighted by Crippen LogP contribution is -2.09. The molecule has 2 heterocycles. The lowest BCUT2D eigenvalue weighted by Gasteiger charge is -2.18. The van der Waals surface area contributed by atoms with Crippen molar-refractivity contribution in [1.82, 2.24) is 9.97 Å². The molecule has 0 amide bonds. The van der Waals surface area contributed by atoms with Crippen LogP contribution in [-0.4, -0.2) is 9.97 Å². The summed E-state index contributed by atoms with van der Waals surface area (Å²) in [5.41, 5.74) is 2.36. The van der Waals surface area contributed by atoms with Gasteiger partial charge in [0.05, 0.1) is 5.39 Å². The number of halogens is 1. The second-order valence-corrected chi connectivity index (χ2v) is 7.58. The maximum absolute atomic E-state index is 6.21. The van der Waals surface area contributed by atoms with Crippen LogP contribution in [0.15, 0.2) is 30.6 Å². The van der Waals surface area contributed by atoms with E-state index in [0.29, 0.717) is 12.5 Å². The van der Waals surface area contributed by atoms with Crippen LogP contribution in [0.1, 0.15) is 29.3 Å². The maximum atomic E-state index is 6.21. The fourth-order valence-corrected chi connectivity index (χ4v) is 4.65. The highest BCUT2D eigenvalue weighted by molar-refractivity contribution is 7.18. The normalized spacial score (nSPS) is 17.2. The number of rotatable bonds is 3. The lowest BCUT2D eigenvalue weighted by molar-refractivity contribution is 0.297. The highest BCUT2D eigenvalue weighted by Gasteiger charge is 2.23. The molecule has 0 fully saturated rings. The average Bonchev–Trinajstić information content (AvgIpc) is 2.92. The van der Waals surface area contributed by atoms with Crippen LogP contribution in [0.4, 0.5) is 0 Å². The van der Waals surface area contributed by atoms with Crippen LogP contribution >= 0.6 is 22.9 Å². The highest BCUT2D eigenvalue weighted by Crippen LogP contribution is 2.40. The van der Waals surface area contributed by atoms with Crippen LogP contribution in [-0.2, 0) is 19.4 Å². The summed E-state index contributed by atoms with van der Waals surface area (Å²) >= 11 is 7.99. The van der Waals surface area contributed by atoms with Crippen molar-refractivity contribution in [1.29, 1.82) is 0 Å². The SMILES string of the molecule is C[C@@H]1CCc2c(sc3ncnc(OCc4ccccc4Cl)c23)C1. The lowest BCUT2D eigenvalue weighted by atomic mass is 9.89. The van der Waals surface area contributed by atoms with E-state index < -0.39 is 0 Å². The topological polar surface area (TPSA) is 35.0 Å². The Bertz CT molecular complexity index is 861. The van der Waals surface area contributed by atoms with Crippen molar-refractivity contribution in [2.45, 2.75) is 32.8 Å². The van der Waals surface area contributed by atoms with Crippen molar-refractivity contribution in [3.8, 4) is 5.88 Å². The number of aromatic nitrogens is 2. The van der Waals surface area contributed by atoms with Crippen LogP contribution < -0.4 is 4.74 Å². The molecule has 5 heteroatoms. The molecule has 3 nitrogen and oxygen atoms in total. The second kappa shape index (κ2) is 6.10. The van der Waals surface area contributed by atoms with Crippen LogP contribution in [0.2, 0.25) is 5.02 Å². The standard InChI is InChI=1S/C18H17ClN2OS/c1-11-6-7-13-15(8-11)23-18-16(13)17(20-10-21-18)22-9-12-4-2-3-5-14(12)19/h2-5,10-11H,6-9H2,1H3/t11-/m1/s1. The van der Waals surface area contributed by atoms with Gasteiger partial charge in [0, 0.05) is 15.5 Å². The van der Waals surface area contributed by atoms with Crippen LogP contribution in [0.5, 0.6) is 5.88 Å². The molecule has 0 saturated heterocycles. The summed E-state index contributed by atoms with van der Waals surface area (Å²) < 4.78 is 6.01. The predicted octanol–water partition coefficient (Wildman–Crippen LogP) is 5.05. The van der Waals surface area contributed by atoms with E-state index in [9.17, 15) is 0 Å². The molecule has 118 valence electrons. The van der Waals surface area contributed by atoms with E-state index in [1.165, 1.54) is 16.9 Å². The Kier molecular flexibility index (Phi) is 3.95. The van der Waals surface area contributed by atoms with Crippen molar-refractivity contribution in [2.75, 3.05) is 0 Å². The molecule has 1 aliphatic carbocycles. The summed E-state index contributed by atoms with van der Waals surface area (Å²) in [5, 5.41) is 1.82. The van der Waals surface area contributed by atoms with Crippen LogP contribution in [0, 0.1) is 5.92 Å². The largest absolute Gasteiger partial charge is 0.472 e. The molecule has 0 unspecified atom stereocenters. The zero-order chi connectivity index (χ0) is 15.8. The summed E-state index contributed by atoms with van der Waals surface area (Å²) in [7, 11) is 0. The van der Waals surface area contributed by atoms with Crippen molar-refractivity contribution in [3.05, 3.63) is 51.6 Å². The molecule has 0 saturated carbocycles. The predicted molar refractivity (Wildman–Crippen MR) is 94.4 cm³/mol. The third kappa shape index (κ3) is 2.81. The third-order valence-electron chi connectivity index (χ3n) is 4.38. The summed E-state index contributed by atoms with van der Waals surface area (Å²) in [5.74, 6) is 1.43. The van der Waals surface area contributed by atoms with Gasteiger partial charge in [0.2, 0.25) is 5.88 Å². The number of benzene rings is 1. The molecule has 0 aliphatic heterocycles. The van der Waals surface area contributed by atoms with Crippen molar-refractivity contribution in [2.24, 2.45) is 5.92 Å². The molecule has 1 aromatic carbocycles. The Morgan fingerprint density at radius 1 is 1.30 bits per heavy atom. The first kappa shape index (κ1) is 14.9. The van der Waals surface area contributed by atoms with E-state index in [0.717, 1.165) is 39.6 Å². The minimum Gasteiger partial charge on any atom is -0.472 e. The Labute approximate surface area is 144 Å². The Morgan fingerprint density at radius 3 is 3.04 bits per heavy atom. The van der Waals surface area contributed by atoms with E-state index in [1.54, 1.807) is 17.7 Å². The Balaban J connectivity index is 1.69. The molecule has 3 aromatic rings. The molecule has 0 N–H and O–H groups in total. The first-order valence-electron chi connectivity index (χ1n) is 7.84. The summed E-state index contributed by atoms with van der Waals surface area (Å²) in [4.78, 5) is 11.3. The van der Waals surface area contributed by atoms with Crippen molar-refractivity contribution in [3.63, 3.8) is 0 Å².